The summed E-state index contributed by atoms with van der Waals surface area (Å²) >= 11 is 5.87. The minimum absolute atomic E-state index is 0.800. The Morgan fingerprint density at radius 2 is 1.63 bits per heavy atom. The molecule has 19 heavy (non-hydrogen) atoms. The molecular formula is C17H20ClN. The monoisotopic (exact) mass is 273 g/mol. The Labute approximate surface area is 120 Å². The van der Waals surface area contributed by atoms with E-state index in [1.807, 2.05) is 12.1 Å². The van der Waals surface area contributed by atoms with E-state index in [4.69, 9.17) is 11.6 Å². The van der Waals surface area contributed by atoms with Gasteiger partial charge in [0, 0.05) is 11.6 Å². The topological polar surface area (TPSA) is 12.0 Å². The highest BCUT2D eigenvalue weighted by molar-refractivity contribution is 6.30. The molecular weight excluding hydrogens is 254 g/mol. The molecule has 2 rings (SSSR count). The molecule has 0 aliphatic carbocycles. The third-order valence-corrected chi connectivity index (χ3v) is 3.57. The summed E-state index contributed by atoms with van der Waals surface area (Å²) in [5.41, 5.74) is 4.16. The molecule has 0 unspecified atom stereocenters. The third-order valence-electron chi connectivity index (χ3n) is 3.32. The third kappa shape index (κ3) is 4.38. The van der Waals surface area contributed by atoms with Gasteiger partial charge in [0.2, 0.25) is 0 Å². The van der Waals surface area contributed by atoms with Crippen molar-refractivity contribution >= 4 is 11.6 Å². The summed E-state index contributed by atoms with van der Waals surface area (Å²) in [5, 5.41) is 4.31. The zero-order valence-corrected chi connectivity index (χ0v) is 12.1. The van der Waals surface area contributed by atoms with E-state index in [2.05, 4.69) is 48.6 Å². The van der Waals surface area contributed by atoms with Crippen molar-refractivity contribution in [2.24, 2.45) is 0 Å². The molecule has 0 amide bonds. The van der Waals surface area contributed by atoms with Crippen LogP contribution in [0.25, 0.3) is 0 Å². The van der Waals surface area contributed by atoms with Crippen LogP contribution in [0.15, 0.2) is 48.5 Å². The van der Waals surface area contributed by atoms with Gasteiger partial charge >= 0.3 is 0 Å². The van der Waals surface area contributed by atoms with Crippen LogP contribution in [-0.2, 0) is 19.4 Å². The first-order chi connectivity index (χ1) is 9.29. The second kappa shape index (κ2) is 7.32. The summed E-state index contributed by atoms with van der Waals surface area (Å²) in [7, 11) is 0. The van der Waals surface area contributed by atoms with Crippen molar-refractivity contribution in [1.29, 1.82) is 0 Å². The average molecular weight is 274 g/mol. The van der Waals surface area contributed by atoms with Crippen LogP contribution in [0.2, 0.25) is 5.02 Å². The molecule has 2 aromatic carbocycles. The molecule has 0 bridgehead atoms. The average Bonchev–Trinajstić information content (AvgIpc) is 2.46. The van der Waals surface area contributed by atoms with Crippen molar-refractivity contribution in [3.05, 3.63) is 70.2 Å². The van der Waals surface area contributed by atoms with Crippen LogP contribution in [0.5, 0.6) is 0 Å². The summed E-state index contributed by atoms with van der Waals surface area (Å²) in [4.78, 5) is 0. The summed E-state index contributed by atoms with van der Waals surface area (Å²) in [6.45, 7) is 4.13. The van der Waals surface area contributed by atoms with Gasteiger partial charge in [-0.05, 0) is 48.2 Å². The Hall–Kier alpha value is -1.31. The predicted molar refractivity (Wildman–Crippen MR) is 82.7 cm³/mol. The molecule has 0 aliphatic rings. The minimum atomic E-state index is 0.800. The molecule has 100 valence electrons. The van der Waals surface area contributed by atoms with Crippen molar-refractivity contribution in [1.82, 2.24) is 5.32 Å². The van der Waals surface area contributed by atoms with Crippen molar-refractivity contribution in [3.8, 4) is 0 Å². The number of rotatable bonds is 6. The first kappa shape index (κ1) is 14.1. The number of benzene rings is 2. The van der Waals surface area contributed by atoms with E-state index in [9.17, 15) is 0 Å². The number of halogens is 1. The number of hydrogen-bond acceptors (Lipinski definition) is 1. The molecule has 0 spiro atoms. The van der Waals surface area contributed by atoms with Gasteiger partial charge in [0.1, 0.15) is 0 Å². The number of hydrogen-bond donors (Lipinski definition) is 1. The molecule has 0 saturated carbocycles. The van der Waals surface area contributed by atoms with Gasteiger partial charge in [-0.15, -0.1) is 0 Å². The standard InChI is InChI=1S/C17H20ClN/c1-2-15-5-3-4-6-16(15)13-19-12-11-14-7-9-17(18)10-8-14/h3-10,19H,2,11-13H2,1H3. The highest BCUT2D eigenvalue weighted by atomic mass is 35.5. The van der Waals surface area contributed by atoms with Gasteiger partial charge in [-0.2, -0.15) is 0 Å². The van der Waals surface area contributed by atoms with Crippen LogP contribution >= 0.6 is 11.6 Å². The zero-order chi connectivity index (χ0) is 13.5. The van der Waals surface area contributed by atoms with Crippen LogP contribution in [-0.4, -0.2) is 6.54 Å². The first-order valence-corrected chi connectivity index (χ1v) is 7.19. The van der Waals surface area contributed by atoms with E-state index in [-0.39, 0.29) is 0 Å². The SMILES string of the molecule is CCc1ccccc1CNCCc1ccc(Cl)cc1. The van der Waals surface area contributed by atoms with E-state index in [1.165, 1.54) is 16.7 Å². The van der Waals surface area contributed by atoms with Crippen LogP contribution < -0.4 is 5.32 Å². The van der Waals surface area contributed by atoms with Gasteiger partial charge in [0.05, 0.1) is 0 Å². The summed E-state index contributed by atoms with van der Waals surface area (Å²) in [6, 6.07) is 16.7. The molecule has 0 fully saturated rings. The highest BCUT2D eigenvalue weighted by Crippen LogP contribution is 2.10. The first-order valence-electron chi connectivity index (χ1n) is 6.81. The van der Waals surface area contributed by atoms with Crippen molar-refractivity contribution < 1.29 is 0 Å². The van der Waals surface area contributed by atoms with Crippen LogP contribution in [0.3, 0.4) is 0 Å². The lowest BCUT2D eigenvalue weighted by Crippen LogP contribution is -2.17. The fourth-order valence-corrected chi connectivity index (χ4v) is 2.31. The molecule has 0 atom stereocenters. The maximum absolute atomic E-state index is 5.87. The van der Waals surface area contributed by atoms with Gasteiger partial charge in [-0.1, -0.05) is 54.9 Å². The van der Waals surface area contributed by atoms with Crippen LogP contribution in [0.4, 0.5) is 0 Å². The highest BCUT2D eigenvalue weighted by Gasteiger charge is 1.99. The zero-order valence-electron chi connectivity index (χ0n) is 11.3. The van der Waals surface area contributed by atoms with E-state index in [0.717, 1.165) is 31.0 Å². The maximum atomic E-state index is 5.87. The molecule has 0 aromatic heterocycles. The second-order valence-corrected chi connectivity index (χ2v) is 5.11. The van der Waals surface area contributed by atoms with Crippen LogP contribution in [0, 0.1) is 0 Å². The molecule has 1 nitrogen and oxygen atoms in total. The molecule has 0 radical (unpaired) electrons. The number of aryl methyl sites for hydroxylation is 1. The summed E-state index contributed by atoms with van der Waals surface area (Å²) in [5.74, 6) is 0. The van der Waals surface area contributed by atoms with Gasteiger partial charge in [-0.25, -0.2) is 0 Å². The summed E-state index contributed by atoms with van der Waals surface area (Å²) in [6.07, 6.45) is 2.13. The molecule has 2 heteroatoms. The molecule has 0 aliphatic heterocycles. The lowest BCUT2D eigenvalue weighted by molar-refractivity contribution is 0.682. The fraction of sp³-hybridized carbons (Fsp3) is 0.294. The Kier molecular flexibility index (Phi) is 5.44. The Morgan fingerprint density at radius 1 is 0.947 bits per heavy atom. The largest absolute Gasteiger partial charge is 0.312 e. The molecule has 1 N–H and O–H groups in total. The maximum Gasteiger partial charge on any atom is 0.0406 e. The van der Waals surface area contributed by atoms with E-state index >= 15 is 0 Å². The van der Waals surface area contributed by atoms with Gasteiger partial charge in [0.15, 0.2) is 0 Å². The molecule has 0 heterocycles. The number of nitrogens with one attached hydrogen (secondary N) is 1. The molecule has 0 saturated heterocycles. The quantitative estimate of drug-likeness (QED) is 0.777. The second-order valence-electron chi connectivity index (χ2n) is 4.68. The van der Waals surface area contributed by atoms with Gasteiger partial charge < -0.3 is 5.32 Å². The van der Waals surface area contributed by atoms with Crippen LogP contribution in [0.1, 0.15) is 23.6 Å². The van der Waals surface area contributed by atoms with Crippen molar-refractivity contribution in [3.63, 3.8) is 0 Å². The Balaban J connectivity index is 1.79. The minimum Gasteiger partial charge on any atom is -0.312 e. The van der Waals surface area contributed by atoms with Crippen molar-refractivity contribution in [2.45, 2.75) is 26.3 Å². The Bertz CT molecular complexity index is 505. The van der Waals surface area contributed by atoms with E-state index in [1.54, 1.807) is 0 Å². The normalized spacial score (nSPS) is 10.6. The van der Waals surface area contributed by atoms with E-state index < -0.39 is 0 Å². The summed E-state index contributed by atoms with van der Waals surface area (Å²) < 4.78 is 0. The van der Waals surface area contributed by atoms with Crippen molar-refractivity contribution in [2.75, 3.05) is 6.54 Å². The lowest BCUT2D eigenvalue weighted by Gasteiger charge is -2.09. The van der Waals surface area contributed by atoms with Gasteiger partial charge in [0.25, 0.3) is 0 Å². The lowest BCUT2D eigenvalue weighted by atomic mass is 10.1. The predicted octanol–water partition coefficient (Wildman–Crippen LogP) is 4.23. The Morgan fingerprint density at radius 3 is 2.32 bits per heavy atom. The molecule has 2 aromatic rings. The smallest absolute Gasteiger partial charge is 0.0406 e. The fourth-order valence-electron chi connectivity index (χ4n) is 2.18. The van der Waals surface area contributed by atoms with Gasteiger partial charge in [-0.3, -0.25) is 0 Å². The van der Waals surface area contributed by atoms with E-state index in [0.29, 0.717) is 0 Å².